The number of carbonyl (C=O) groups excluding carboxylic acids is 1. The number of hydrogen-bond acceptors (Lipinski definition) is 7. The van der Waals surface area contributed by atoms with Crippen molar-refractivity contribution < 1.29 is 13.6 Å². The number of nitrogens with zero attached hydrogens (tertiary/aromatic N) is 5. The highest BCUT2D eigenvalue weighted by molar-refractivity contribution is 5.97. The number of hydrogen-bond donors (Lipinski definition) is 0. The Labute approximate surface area is 189 Å². The van der Waals surface area contributed by atoms with Gasteiger partial charge >= 0.3 is 0 Å². The number of oxazole rings is 2. The number of fused-ring (bicyclic) bond motifs is 2. The summed E-state index contributed by atoms with van der Waals surface area (Å²) in [5, 5.41) is 0. The van der Waals surface area contributed by atoms with Crippen molar-refractivity contribution in [1.29, 1.82) is 0 Å². The van der Waals surface area contributed by atoms with Gasteiger partial charge in [0, 0.05) is 43.0 Å². The number of aryl methyl sites for hydroxylation is 1. The van der Waals surface area contributed by atoms with Crippen LogP contribution >= 0.6 is 0 Å². The third-order valence-corrected chi connectivity index (χ3v) is 5.87. The number of carbonyl (C=O) groups is 1. The van der Waals surface area contributed by atoms with Gasteiger partial charge in [-0.15, -0.1) is 0 Å². The zero-order valence-electron chi connectivity index (χ0n) is 18.1. The van der Waals surface area contributed by atoms with E-state index in [1.54, 1.807) is 6.07 Å². The molecule has 1 fully saturated rings. The number of rotatable bonds is 3. The highest BCUT2D eigenvalue weighted by atomic mass is 16.4. The fourth-order valence-corrected chi connectivity index (χ4v) is 4.08. The Hall–Kier alpha value is -4.20. The third kappa shape index (κ3) is 3.59. The lowest BCUT2D eigenvalue weighted by Crippen LogP contribution is -2.48. The van der Waals surface area contributed by atoms with Crippen LogP contribution in [0.15, 0.2) is 69.5 Å². The van der Waals surface area contributed by atoms with Crippen LogP contribution in [0.4, 0.5) is 6.01 Å². The Kier molecular flexibility index (Phi) is 4.57. The second kappa shape index (κ2) is 7.74. The molecular weight excluding hydrogens is 418 g/mol. The largest absolute Gasteiger partial charge is 0.436 e. The fourth-order valence-electron chi connectivity index (χ4n) is 4.08. The summed E-state index contributed by atoms with van der Waals surface area (Å²) in [7, 11) is 0. The molecule has 2 aromatic carbocycles. The molecule has 6 rings (SSSR count). The average molecular weight is 439 g/mol. The lowest BCUT2D eigenvalue weighted by molar-refractivity contribution is 0.0745. The van der Waals surface area contributed by atoms with Crippen LogP contribution in [0, 0.1) is 6.92 Å². The smallest absolute Gasteiger partial charge is 0.300 e. The van der Waals surface area contributed by atoms with Crippen molar-refractivity contribution in [2.75, 3.05) is 31.1 Å². The van der Waals surface area contributed by atoms with E-state index < -0.39 is 0 Å². The Morgan fingerprint density at radius 3 is 2.48 bits per heavy atom. The van der Waals surface area contributed by atoms with Crippen LogP contribution < -0.4 is 4.90 Å². The highest BCUT2D eigenvalue weighted by Gasteiger charge is 2.25. The van der Waals surface area contributed by atoms with E-state index in [-0.39, 0.29) is 5.91 Å². The van der Waals surface area contributed by atoms with Crippen LogP contribution in [0.1, 0.15) is 16.1 Å². The van der Waals surface area contributed by atoms with Crippen LogP contribution in [-0.2, 0) is 0 Å². The number of benzene rings is 2. The summed E-state index contributed by atoms with van der Waals surface area (Å²) < 4.78 is 11.8. The molecule has 5 aromatic rings. The predicted octanol–water partition coefficient (Wildman–Crippen LogP) is 4.30. The summed E-state index contributed by atoms with van der Waals surface area (Å²) in [5.74, 6) is 0.524. The lowest BCUT2D eigenvalue weighted by Gasteiger charge is -2.33. The van der Waals surface area contributed by atoms with Gasteiger partial charge in [0.2, 0.25) is 11.5 Å². The fraction of sp³-hybridized carbons (Fsp3) is 0.200. The summed E-state index contributed by atoms with van der Waals surface area (Å²) in [6, 6.07) is 19.5. The molecule has 1 amide bonds. The maximum Gasteiger partial charge on any atom is 0.300 e. The first kappa shape index (κ1) is 19.5. The van der Waals surface area contributed by atoms with E-state index >= 15 is 0 Å². The molecule has 0 unspecified atom stereocenters. The van der Waals surface area contributed by atoms with E-state index in [2.05, 4.69) is 15.0 Å². The van der Waals surface area contributed by atoms with Crippen LogP contribution in [0.2, 0.25) is 0 Å². The first-order valence-corrected chi connectivity index (χ1v) is 10.9. The van der Waals surface area contributed by atoms with E-state index in [4.69, 9.17) is 8.83 Å². The number of aromatic nitrogens is 3. The van der Waals surface area contributed by atoms with Gasteiger partial charge in [-0.05, 0) is 49.4 Å². The zero-order valence-corrected chi connectivity index (χ0v) is 18.1. The van der Waals surface area contributed by atoms with Gasteiger partial charge in [-0.1, -0.05) is 18.2 Å². The maximum absolute atomic E-state index is 13.1. The van der Waals surface area contributed by atoms with Gasteiger partial charge in [-0.3, -0.25) is 4.79 Å². The summed E-state index contributed by atoms with van der Waals surface area (Å²) in [6.45, 7) is 4.36. The first-order valence-electron chi connectivity index (χ1n) is 10.9. The molecule has 33 heavy (non-hydrogen) atoms. The second-order valence-corrected chi connectivity index (χ2v) is 8.12. The predicted molar refractivity (Wildman–Crippen MR) is 124 cm³/mol. The average Bonchev–Trinajstić information content (AvgIpc) is 3.47. The van der Waals surface area contributed by atoms with Crippen LogP contribution in [0.3, 0.4) is 0 Å². The first-order chi connectivity index (χ1) is 16.1. The molecule has 0 N–H and O–H groups in total. The standard InChI is InChI=1S/C25H21N5O3/c1-16-7-10-20-22(26-16)28-25(33-20)30-13-11-29(12-14-30)24(31)18-8-9-19-21(15-18)32-23(27-19)17-5-3-2-4-6-17/h2-10,15H,11-14H2,1H3. The molecular formula is C25H21N5O3. The zero-order chi connectivity index (χ0) is 22.4. The van der Waals surface area contributed by atoms with Crippen molar-refractivity contribution in [3.05, 3.63) is 71.9 Å². The van der Waals surface area contributed by atoms with Gasteiger partial charge in [-0.2, -0.15) is 4.98 Å². The maximum atomic E-state index is 13.1. The number of piperazine rings is 1. The molecule has 1 aliphatic rings. The van der Waals surface area contributed by atoms with E-state index in [0.29, 0.717) is 60.5 Å². The molecule has 3 aromatic heterocycles. The normalized spacial score (nSPS) is 14.3. The van der Waals surface area contributed by atoms with Crippen molar-refractivity contribution in [2.24, 2.45) is 0 Å². The quantitative estimate of drug-likeness (QED) is 0.414. The van der Waals surface area contributed by atoms with Crippen LogP contribution in [0.25, 0.3) is 33.8 Å². The van der Waals surface area contributed by atoms with Crippen molar-refractivity contribution >= 4 is 34.3 Å². The minimum Gasteiger partial charge on any atom is -0.436 e. The summed E-state index contributed by atoms with van der Waals surface area (Å²) in [5.41, 5.74) is 5.01. The lowest BCUT2D eigenvalue weighted by atomic mass is 10.1. The van der Waals surface area contributed by atoms with Gasteiger partial charge in [-0.25, -0.2) is 9.97 Å². The highest BCUT2D eigenvalue weighted by Crippen LogP contribution is 2.26. The van der Waals surface area contributed by atoms with E-state index in [9.17, 15) is 4.79 Å². The molecule has 0 bridgehead atoms. The van der Waals surface area contributed by atoms with E-state index in [1.807, 2.05) is 71.3 Å². The molecule has 0 aliphatic carbocycles. The monoisotopic (exact) mass is 439 g/mol. The SMILES string of the molecule is Cc1ccc2oc(N3CCN(C(=O)c4ccc5nc(-c6ccccc6)oc5c4)CC3)nc2n1. The van der Waals surface area contributed by atoms with Crippen LogP contribution in [-0.4, -0.2) is 51.9 Å². The number of amides is 1. The summed E-state index contributed by atoms with van der Waals surface area (Å²) >= 11 is 0. The Balaban J connectivity index is 1.17. The minimum atomic E-state index is -0.0240. The molecule has 0 radical (unpaired) electrons. The third-order valence-electron chi connectivity index (χ3n) is 5.87. The van der Waals surface area contributed by atoms with Crippen molar-refractivity contribution in [2.45, 2.75) is 6.92 Å². The molecule has 0 saturated carbocycles. The Morgan fingerprint density at radius 1 is 0.848 bits per heavy atom. The minimum absolute atomic E-state index is 0.0240. The molecule has 0 atom stereocenters. The van der Waals surface area contributed by atoms with Gasteiger partial charge in [0.05, 0.1) is 0 Å². The van der Waals surface area contributed by atoms with Gasteiger partial charge in [0.15, 0.2) is 11.2 Å². The van der Waals surface area contributed by atoms with Crippen molar-refractivity contribution in [3.63, 3.8) is 0 Å². The van der Waals surface area contributed by atoms with Gasteiger partial charge in [0.25, 0.3) is 11.9 Å². The molecule has 4 heterocycles. The molecule has 1 saturated heterocycles. The summed E-state index contributed by atoms with van der Waals surface area (Å²) in [4.78, 5) is 30.5. The number of pyridine rings is 1. The Bertz CT molecular complexity index is 1470. The molecule has 8 nitrogen and oxygen atoms in total. The van der Waals surface area contributed by atoms with Crippen molar-refractivity contribution in [1.82, 2.24) is 19.9 Å². The Morgan fingerprint density at radius 2 is 1.67 bits per heavy atom. The van der Waals surface area contributed by atoms with Crippen molar-refractivity contribution in [3.8, 4) is 11.5 Å². The second-order valence-electron chi connectivity index (χ2n) is 8.12. The molecule has 164 valence electrons. The molecule has 8 heteroatoms. The van der Waals surface area contributed by atoms with E-state index in [1.165, 1.54) is 0 Å². The van der Waals surface area contributed by atoms with Crippen LogP contribution in [0.5, 0.6) is 0 Å². The van der Waals surface area contributed by atoms with Gasteiger partial charge in [0.1, 0.15) is 5.52 Å². The van der Waals surface area contributed by atoms with Gasteiger partial charge < -0.3 is 18.6 Å². The molecule has 1 aliphatic heterocycles. The topological polar surface area (TPSA) is 88.5 Å². The summed E-state index contributed by atoms with van der Waals surface area (Å²) in [6.07, 6.45) is 0. The number of anilines is 1. The van der Waals surface area contributed by atoms with E-state index in [0.717, 1.165) is 16.8 Å². The molecule has 0 spiro atoms.